The molecule has 0 spiro atoms. The van der Waals surface area contributed by atoms with Crippen LogP contribution < -0.4 is 0 Å². The molecule has 20 heavy (non-hydrogen) atoms. The third-order valence-electron chi connectivity index (χ3n) is 5.12. The lowest BCUT2D eigenvalue weighted by Gasteiger charge is -2.23. The Morgan fingerprint density at radius 2 is 1.80 bits per heavy atom. The average Bonchev–Trinajstić information content (AvgIpc) is 2.69. The van der Waals surface area contributed by atoms with Crippen LogP contribution in [-0.4, -0.2) is 5.25 Å². The monoisotopic (exact) mass is 284 g/mol. The lowest BCUT2D eigenvalue weighted by Crippen LogP contribution is -2.05. The van der Waals surface area contributed by atoms with Crippen molar-refractivity contribution in [3.63, 3.8) is 0 Å². The number of thioether (sulfide) groups is 1. The highest BCUT2D eigenvalue weighted by Crippen LogP contribution is 2.50. The number of benzene rings is 1. The molecule has 1 heterocycles. The molecule has 3 rings (SSSR count). The van der Waals surface area contributed by atoms with Gasteiger partial charge in [-0.15, -0.1) is 11.8 Å². The molecule has 0 amide bonds. The molecule has 0 saturated heterocycles. The predicted octanol–water partition coefficient (Wildman–Crippen LogP) is 6.02. The summed E-state index contributed by atoms with van der Waals surface area (Å²) < 4.78 is 0. The molecule has 1 aromatic rings. The first-order chi connectivity index (χ1) is 9.40. The first-order valence-electron chi connectivity index (χ1n) is 7.59. The van der Waals surface area contributed by atoms with Gasteiger partial charge in [0.05, 0.1) is 0 Å². The van der Waals surface area contributed by atoms with Crippen molar-refractivity contribution in [1.82, 2.24) is 0 Å². The lowest BCUT2D eigenvalue weighted by molar-refractivity contribution is 0.825. The molecule has 2 atom stereocenters. The van der Waals surface area contributed by atoms with E-state index in [0.717, 1.165) is 0 Å². The zero-order valence-electron chi connectivity index (χ0n) is 13.4. The van der Waals surface area contributed by atoms with Gasteiger partial charge in [-0.25, -0.2) is 0 Å². The van der Waals surface area contributed by atoms with Crippen molar-refractivity contribution in [2.75, 3.05) is 0 Å². The van der Waals surface area contributed by atoms with E-state index in [2.05, 4.69) is 65.4 Å². The predicted molar refractivity (Wildman–Crippen MR) is 90.6 cm³/mol. The van der Waals surface area contributed by atoms with E-state index in [1.54, 1.807) is 16.7 Å². The third-order valence-corrected chi connectivity index (χ3v) is 6.57. The zero-order valence-corrected chi connectivity index (χ0v) is 14.2. The van der Waals surface area contributed by atoms with Gasteiger partial charge in [-0.1, -0.05) is 30.2 Å². The van der Waals surface area contributed by atoms with E-state index in [1.807, 2.05) is 0 Å². The molecule has 2 unspecified atom stereocenters. The van der Waals surface area contributed by atoms with Crippen molar-refractivity contribution < 1.29 is 0 Å². The van der Waals surface area contributed by atoms with Gasteiger partial charge in [-0.3, -0.25) is 0 Å². The van der Waals surface area contributed by atoms with E-state index in [1.165, 1.54) is 33.6 Å². The van der Waals surface area contributed by atoms with E-state index in [9.17, 15) is 0 Å². The van der Waals surface area contributed by atoms with Crippen molar-refractivity contribution >= 4 is 17.3 Å². The van der Waals surface area contributed by atoms with Crippen LogP contribution in [0, 0.1) is 13.8 Å². The second kappa shape index (κ2) is 4.80. The maximum Gasteiger partial charge on any atom is 0.0278 e. The molecule has 0 bridgehead atoms. The lowest BCUT2D eigenvalue weighted by atomic mass is 9.96. The number of allylic oxidation sites excluding steroid dienone is 3. The van der Waals surface area contributed by atoms with Gasteiger partial charge in [-0.05, 0) is 74.8 Å². The number of hydrogen-bond acceptors (Lipinski definition) is 1. The Kier molecular flexibility index (Phi) is 3.36. The summed E-state index contributed by atoms with van der Waals surface area (Å²) >= 11 is 2.06. The normalized spacial score (nSPS) is 31.4. The summed E-state index contributed by atoms with van der Waals surface area (Å²) in [5.74, 6) is 0.663. The fraction of sp³-hybridized carbons (Fsp3) is 0.474. The average molecular weight is 284 g/mol. The first-order valence-corrected chi connectivity index (χ1v) is 8.47. The quantitative estimate of drug-likeness (QED) is 0.561. The van der Waals surface area contributed by atoms with E-state index in [0.29, 0.717) is 11.2 Å². The van der Waals surface area contributed by atoms with E-state index in [-0.39, 0.29) is 0 Å². The molecule has 0 nitrogen and oxygen atoms in total. The van der Waals surface area contributed by atoms with Crippen molar-refractivity contribution in [3.8, 4) is 0 Å². The molecule has 0 fully saturated rings. The Bertz CT molecular complexity index is 646. The van der Waals surface area contributed by atoms with E-state index in [4.69, 9.17) is 0 Å². The van der Waals surface area contributed by atoms with Crippen LogP contribution in [0.15, 0.2) is 28.2 Å². The first kappa shape index (κ1) is 14.0. The molecular formula is C19H24S. The van der Waals surface area contributed by atoms with Crippen LogP contribution >= 0.6 is 11.8 Å². The number of aryl methyl sites for hydroxylation is 1. The van der Waals surface area contributed by atoms with E-state index >= 15 is 0 Å². The van der Waals surface area contributed by atoms with Crippen LogP contribution in [0.4, 0.5) is 0 Å². The number of hydrogen-bond donors (Lipinski definition) is 0. The molecule has 0 N–H and O–H groups in total. The van der Waals surface area contributed by atoms with Gasteiger partial charge < -0.3 is 0 Å². The van der Waals surface area contributed by atoms with Crippen LogP contribution in [-0.2, 0) is 0 Å². The van der Waals surface area contributed by atoms with Crippen molar-refractivity contribution in [3.05, 3.63) is 45.5 Å². The minimum absolute atomic E-state index is 0.563. The summed E-state index contributed by atoms with van der Waals surface area (Å²) in [7, 11) is 0. The van der Waals surface area contributed by atoms with Gasteiger partial charge in [-0.2, -0.15) is 0 Å². The Balaban J connectivity index is 2.34. The highest BCUT2D eigenvalue weighted by Gasteiger charge is 2.30. The zero-order chi connectivity index (χ0) is 14.6. The molecule has 0 radical (unpaired) electrons. The topological polar surface area (TPSA) is 0 Å². The molecule has 2 aliphatic rings. The van der Waals surface area contributed by atoms with Crippen molar-refractivity contribution in [1.29, 1.82) is 0 Å². The summed E-state index contributed by atoms with van der Waals surface area (Å²) in [5, 5.41) is 0.563. The smallest absolute Gasteiger partial charge is 0.0278 e. The minimum Gasteiger partial charge on any atom is -0.118 e. The van der Waals surface area contributed by atoms with Gasteiger partial charge in [0, 0.05) is 10.1 Å². The Hall–Kier alpha value is -0.950. The third kappa shape index (κ3) is 1.98. The van der Waals surface area contributed by atoms with Crippen LogP contribution in [0.1, 0.15) is 62.3 Å². The molecule has 1 aromatic carbocycles. The van der Waals surface area contributed by atoms with Gasteiger partial charge in [0.1, 0.15) is 0 Å². The summed E-state index contributed by atoms with van der Waals surface area (Å²) in [6.45, 7) is 13.8. The van der Waals surface area contributed by atoms with Crippen LogP contribution in [0.2, 0.25) is 0 Å². The van der Waals surface area contributed by atoms with Crippen molar-refractivity contribution in [2.45, 2.75) is 64.0 Å². The highest BCUT2D eigenvalue weighted by molar-refractivity contribution is 8.00. The van der Waals surface area contributed by atoms with Crippen LogP contribution in [0.25, 0.3) is 5.57 Å². The van der Waals surface area contributed by atoms with E-state index < -0.39 is 0 Å². The second-order valence-electron chi connectivity index (χ2n) is 6.51. The second-order valence-corrected chi connectivity index (χ2v) is 7.86. The molecule has 1 aliphatic heterocycles. The van der Waals surface area contributed by atoms with Crippen LogP contribution in [0.3, 0.4) is 0 Å². The maximum absolute atomic E-state index is 2.45. The minimum atomic E-state index is 0.563. The number of rotatable bonds is 0. The summed E-state index contributed by atoms with van der Waals surface area (Å²) in [4.78, 5) is 1.54. The highest BCUT2D eigenvalue weighted by atomic mass is 32.2. The van der Waals surface area contributed by atoms with Gasteiger partial charge in [0.25, 0.3) is 0 Å². The molecule has 1 heteroatoms. The molecule has 0 aromatic heterocycles. The fourth-order valence-corrected chi connectivity index (χ4v) is 4.83. The van der Waals surface area contributed by atoms with Crippen LogP contribution in [0.5, 0.6) is 0 Å². The maximum atomic E-state index is 2.45. The summed E-state index contributed by atoms with van der Waals surface area (Å²) in [6, 6.07) is 2.43. The summed E-state index contributed by atoms with van der Waals surface area (Å²) in [5.41, 5.74) is 10.6. The van der Waals surface area contributed by atoms with Gasteiger partial charge in [0.2, 0.25) is 0 Å². The SMILES string of the molecule is CC1=C(/C)C(C)Sc2c(C)c(C)cc3c2/C(=C\1)CC3C. The van der Waals surface area contributed by atoms with Crippen molar-refractivity contribution in [2.24, 2.45) is 0 Å². The molecule has 1 aliphatic carbocycles. The molecular weight excluding hydrogens is 260 g/mol. The molecule has 0 saturated carbocycles. The fourth-order valence-electron chi connectivity index (χ4n) is 3.41. The Morgan fingerprint density at radius 3 is 2.50 bits per heavy atom. The standard InChI is InChI=1S/C19H24S/c1-10-7-16-8-12(3)17-9-11(2)14(5)19(18(16)17)20-15(6)13(10)4/h7,9,12,15H,8H2,1-6H3/b13-10+,16-7-. The largest absolute Gasteiger partial charge is 0.118 e. The Morgan fingerprint density at radius 1 is 1.10 bits per heavy atom. The van der Waals surface area contributed by atoms with Gasteiger partial charge in [0.15, 0.2) is 0 Å². The molecule has 106 valence electrons. The van der Waals surface area contributed by atoms with Gasteiger partial charge >= 0.3 is 0 Å². The summed E-state index contributed by atoms with van der Waals surface area (Å²) in [6.07, 6.45) is 3.65. The Labute approximate surface area is 127 Å².